The van der Waals surface area contributed by atoms with Crippen LogP contribution in [0.3, 0.4) is 0 Å². The van der Waals surface area contributed by atoms with Crippen molar-refractivity contribution in [3.05, 3.63) is 18.5 Å². The van der Waals surface area contributed by atoms with E-state index in [1.807, 2.05) is 0 Å². The lowest BCUT2D eigenvalue weighted by Gasteiger charge is -1.90. The minimum atomic E-state index is -1.30. The second kappa shape index (κ2) is 2.21. The van der Waals surface area contributed by atoms with Gasteiger partial charge in [0.2, 0.25) is 0 Å². The van der Waals surface area contributed by atoms with E-state index in [-0.39, 0.29) is 0 Å². The molecule has 1 rings (SSSR count). The quantitative estimate of drug-likeness (QED) is 0.554. The van der Waals surface area contributed by atoms with Crippen molar-refractivity contribution in [2.45, 2.75) is 0 Å². The maximum atomic E-state index is 9.83. The average molecular weight is 127 g/mol. The zero-order valence-corrected chi connectivity index (χ0v) is 4.50. The number of nitrogens with one attached hydrogen (secondary N) is 1. The molecule has 0 atom stereocenters. The summed E-state index contributed by atoms with van der Waals surface area (Å²) in [6.07, 6.45) is 1.74. The Labute approximate surface area is 51.1 Å². The van der Waals surface area contributed by atoms with E-state index < -0.39 is 6.16 Å². The van der Waals surface area contributed by atoms with E-state index in [0.29, 0.717) is 5.75 Å². The van der Waals surface area contributed by atoms with Crippen LogP contribution in [0, 0.1) is 0 Å². The van der Waals surface area contributed by atoms with Gasteiger partial charge in [0.15, 0.2) is 5.75 Å². The van der Waals surface area contributed by atoms with Gasteiger partial charge in [0.25, 0.3) is 0 Å². The summed E-state index contributed by atoms with van der Waals surface area (Å²) >= 11 is 0. The molecule has 0 fully saturated rings. The predicted octanol–water partition coefficient (Wildman–Crippen LogP) is 1.07. The monoisotopic (exact) mass is 127 g/mol. The van der Waals surface area contributed by atoms with Crippen LogP contribution in [0.2, 0.25) is 0 Å². The molecule has 9 heavy (non-hydrogen) atoms. The van der Waals surface area contributed by atoms with Crippen LogP contribution in [0.5, 0.6) is 5.75 Å². The highest BCUT2D eigenvalue weighted by atomic mass is 16.7. The number of H-pyrrole nitrogens is 1. The number of carboxylic acid groups (broad SMARTS) is 1. The molecule has 0 bridgehead atoms. The zero-order valence-electron chi connectivity index (χ0n) is 4.50. The number of carbonyl (C=O) groups is 1. The van der Waals surface area contributed by atoms with Crippen molar-refractivity contribution in [1.29, 1.82) is 0 Å². The van der Waals surface area contributed by atoms with Crippen molar-refractivity contribution in [1.82, 2.24) is 4.98 Å². The molecule has 1 heterocycles. The lowest BCUT2D eigenvalue weighted by atomic mass is 10.6. The van der Waals surface area contributed by atoms with Crippen LogP contribution in [0.15, 0.2) is 18.5 Å². The molecular formula is C5H5NO3. The van der Waals surface area contributed by atoms with Crippen molar-refractivity contribution < 1.29 is 14.6 Å². The van der Waals surface area contributed by atoms with Crippen molar-refractivity contribution >= 4 is 6.16 Å². The molecule has 4 nitrogen and oxygen atoms in total. The summed E-state index contributed by atoms with van der Waals surface area (Å²) in [5, 5.41) is 8.05. The number of hydrogen-bond donors (Lipinski definition) is 2. The van der Waals surface area contributed by atoms with Crippen molar-refractivity contribution in [2.24, 2.45) is 0 Å². The van der Waals surface area contributed by atoms with Crippen LogP contribution >= 0.6 is 0 Å². The third-order valence-electron chi connectivity index (χ3n) is 0.775. The molecule has 0 amide bonds. The molecule has 0 aromatic carbocycles. The van der Waals surface area contributed by atoms with Crippen molar-refractivity contribution in [3.8, 4) is 5.75 Å². The second-order valence-corrected chi connectivity index (χ2v) is 1.41. The average Bonchev–Trinajstić information content (AvgIpc) is 2.15. The smallest absolute Gasteiger partial charge is 0.449 e. The summed E-state index contributed by atoms with van der Waals surface area (Å²) in [5.74, 6) is 0.308. The number of aromatic nitrogens is 1. The lowest BCUT2D eigenvalue weighted by molar-refractivity contribution is 0.144. The molecule has 0 saturated carbocycles. The van der Waals surface area contributed by atoms with Gasteiger partial charge in [-0.1, -0.05) is 0 Å². The normalized spacial score (nSPS) is 8.89. The first kappa shape index (κ1) is 5.68. The number of rotatable bonds is 1. The first-order chi connectivity index (χ1) is 4.29. The van der Waals surface area contributed by atoms with Crippen LogP contribution < -0.4 is 4.74 Å². The van der Waals surface area contributed by atoms with Crippen LogP contribution in [0.25, 0.3) is 0 Å². The molecule has 48 valence electrons. The third-order valence-corrected chi connectivity index (χ3v) is 0.775. The Morgan fingerprint density at radius 2 is 2.56 bits per heavy atom. The Balaban J connectivity index is 2.58. The highest BCUT2D eigenvalue weighted by molar-refractivity contribution is 5.60. The summed E-state index contributed by atoms with van der Waals surface area (Å²) in [7, 11) is 0. The summed E-state index contributed by atoms with van der Waals surface area (Å²) in [6, 6.07) is 1.52. The Kier molecular flexibility index (Phi) is 1.40. The summed E-state index contributed by atoms with van der Waals surface area (Å²) in [5.41, 5.74) is 0. The van der Waals surface area contributed by atoms with Crippen molar-refractivity contribution in [2.75, 3.05) is 0 Å². The topological polar surface area (TPSA) is 62.3 Å². The predicted molar refractivity (Wildman–Crippen MR) is 29.4 cm³/mol. The Bertz CT molecular complexity index is 192. The highest BCUT2D eigenvalue weighted by Crippen LogP contribution is 2.06. The Morgan fingerprint density at radius 1 is 1.78 bits per heavy atom. The van der Waals surface area contributed by atoms with E-state index in [9.17, 15) is 4.79 Å². The zero-order chi connectivity index (χ0) is 6.69. The molecular weight excluding hydrogens is 122 g/mol. The van der Waals surface area contributed by atoms with Gasteiger partial charge in [-0.2, -0.15) is 0 Å². The third kappa shape index (κ3) is 1.49. The summed E-state index contributed by atoms with van der Waals surface area (Å²) in [6.45, 7) is 0. The van der Waals surface area contributed by atoms with Gasteiger partial charge in [0.05, 0.1) is 0 Å². The molecule has 0 saturated heterocycles. The van der Waals surface area contributed by atoms with Crippen LogP contribution in [0.1, 0.15) is 0 Å². The van der Waals surface area contributed by atoms with E-state index >= 15 is 0 Å². The highest BCUT2D eigenvalue weighted by Gasteiger charge is 1.97. The molecule has 0 aliphatic carbocycles. The minimum Gasteiger partial charge on any atom is -0.449 e. The van der Waals surface area contributed by atoms with E-state index in [0.717, 1.165) is 0 Å². The largest absolute Gasteiger partial charge is 0.511 e. The van der Waals surface area contributed by atoms with Gasteiger partial charge in [-0.05, 0) is 6.07 Å². The fourth-order valence-electron chi connectivity index (χ4n) is 0.473. The van der Waals surface area contributed by atoms with Crippen molar-refractivity contribution in [3.63, 3.8) is 0 Å². The fraction of sp³-hybridized carbons (Fsp3) is 0. The first-order valence-corrected chi connectivity index (χ1v) is 2.32. The standard InChI is InChI=1S/C5H5NO3/c7-5(8)9-4-1-2-6-3-4/h1-3,6H,(H,7,8). The molecule has 0 aliphatic heterocycles. The van der Waals surface area contributed by atoms with E-state index in [1.165, 1.54) is 12.3 Å². The molecule has 0 unspecified atom stereocenters. The lowest BCUT2D eigenvalue weighted by Crippen LogP contribution is -2.01. The molecule has 4 heteroatoms. The molecule has 2 N–H and O–H groups in total. The van der Waals surface area contributed by atoms with Gasteiger partial charge in [-0.15, -0.1) is 0 Å². The SMILES string of the molecule is O=C(O)Oc1cc[nH]c1. The van der Waals surface area contributed by atoms with E-state index in [1.54, 1.807) is 6.20 Å². The van der Waals surface area contributed by atoms with Gasteiger partial charge < -0.3 is 14.8 Å². The fourth-order valence-corrected chi connectivity index (χ4v) is 0.473. The van der Waals surface area contributed by atoms with E-state index in [2.05, 4.69) is 9.72 Å². The van der Waals surface area contributed by atoms with Crippen LogP contribution in [-0.2, 0) is 0 Å². The van der Waals surface area contributed by atoms with Crippen LogP contribution in [-0.4, -0.2) is 16.2 Å². The second-order valence-electron chi connectivity index (χ2n) is 1.41. The van der Waals surface area contributed by atoms with Gasteiger partial charge in [-0.25, -0.2) is 4.79 Å². The maximum absolute atomic E-state index is 9.83. The van der Waals surface area contributed by atoms with Gasteiger partial charge >= 0.3 is 6.16 Å². The maximum Gasteiger partial charge on any atom is 0.511 e. The molecule has 1 aromatic rings. The number of aromatic amines is 1. The Morgan fingerprint density at radius 3 is 3.00 bits per heavy atom. The molecule has 0 radical (unpaired) electrons. The van der Waals surface area contributed by atoms with Gasteiger partial charge in [0, 0.05) is 12.4 Å². The Hall–Kier alpha value is -1.45. The number of hydrogen-bond acceptors (Lipinski definition) is 2. The molecule has 0 spiro atoms. The van der Waals surface area contributed by atoms with Gasteiger partial charge in [-0.3, -0.25) is 0 Å². The number of ether oxygens (including phenoxy) is 1. The minimum absolute atomic E-state index is 0.308. The van der Waals surface area contributed by atoms with E-state index in [4.69, 9.17) is 5.11 Å². The molecule has 0 aliphatic rings. The summed E-state index contributed by atoms with van der Waals surface area (Å²) in [4.78, 5) is 12.5. The first-order valence-electron chi connectivity index (χ1n) is 2.32. The molecule has 1 aromatic heterocycles. The van der Waals surface area contributed by atoms with Crippen LogP contribution in [0.4, 0.5) is 4.79 Å². The summed E-state index contributed by atoms with van der Waals surface area (Å²) < 4.78 is 4.24. The van der Waals surface area contributed by atoms with Gasteiger partial charge in [0.1, 0.15) is 0 Å².